The molecular weight excluding hydrogens is 370 g/mol. The van der Waals surface area contributed by atoms with Gasteiger partial charge in [-0.1, -0.05) is 6.92 Å². The lowest BCUT2D eigenvalue weighted by molar-refractivity contribution is -0.132. The lowest BCUT2D eigenvalue weighted by Crippen LogP contribution is -2.53. The van der Waals surface area contributed by atoms with Crippen LogP contribution in [0.5, 0.6) is 0 Å². The average molecular weight is 396 g/mol. The summed E-state index contributed by atoms with van der Waals surface area (Å²) in [6, 6.07) is 2.77. The number of nitrogens with one attached hydrogen (secondary N) is 2. The number of piperazine rings is 1. The third kappa shape index (κ3) is 6.26. The van der Waals surface area contributed by atoms with E-state index in [9.17, 15) is 23.2 Å². The summed E-state index contributed by atoms with van der Waals surface area (Å²) in [6.45, 7) is 5.95. The molecule has 1 fully saturated rings. The molecule has 154 valence electrons. The maximum Gasteiger partial charge on any atom is 0.254 e. The highest BCUT2D eigenvalue weighted by Gasteiger charge is 2.23. The van der Waals surface area contributed by atoms with Gasteiger partial charge in [-0.05, 0) is 25.5 Å². The fraction of sp³-hybridized carbons (Fsp3) is 0.526. The predicted molar refractivity (Wildman–Crippen MR) is 99.6 cm³/mol. The minimum atomic E-state index is -0.978. The first kappa shape index (κ1) is 21.7. The van der Waals surface area contributed by atoms with Crippen molar-refractivity contribution in [1.29, 1.82) is 0 Å². The van der Waals surface area contributed by atoms with Gasteiger partial charge >= 0.3 is 0 Å². The van der Waals surface area contributed by atoms with Gasteiger partial charge in [-0.15, -0.1) is 0 Å². The van der Waals surface area contributed by atoms with Crippen molar-refractivity contribution in [1.82, 2.24) is 20.4 Å². The first-order valence-electron chi connectivity index (χ1n) is 9.33. The number of benzene rings is 1. The van der Waals surface area contributed by atoms with Crippen LogP contribution in [-0.4, -0.2) is 72.8 Å². The molecule has 1 aliphatic heterocycles. The first-order chi connectivity index (χ1) is 13.3. The highest BCUT2D eigenvalue weighted by Crippen LogP contribution is 2.09. The molecule has 1 heterocycles. The highest BCUT2D eigenvalue weighted by molar-refractivity contribution is 5.96. The molecule has 1 unspecified atom stereocenters. The van der Waals surface area contributed by atoms with Crippen LogP contribution in [0.2, 0.25) is 0 Å². The maximum absolute atomic E-state index is 13.6. The van der Waals surface area contributed by atoms with E-state index in [1.165, 1.54) is 0 Å². The van der Waals surface area contributed by atoms with Crippen molar-refractivity contribution in [2.24, 2.45) is 0 Å². The molecule has 0 radical (unpaired) electrons. The number of halogens is 2. The summed E-state index contributed by atoms with van der Waals surface area (Å²) in [6.07, 6.45) is 0.863. The largest absolute Gasteiger partial charge is 0.353 e. The minimum absolute atomic E-state index is 0.0392. The molecule has 0 saturated carbocycles. The number of hydrogen-bond donors (Lipinski definition) is 2. The van der Waals surface area contributed by atoms with E-state index >= 15 is 0 Å². The second-order valence-corrected chi connectivity index (χ2v) is 6.84. The van der Waals surface area contributed by atoms with Crippen LogP contribution in [-0.2, 0) is 9.59 Å². The quantitative estimate of drug-likeness (QED) is 0.713. The number of hydrogen-bond acceptors (Lipinski definition) is 4. The first-order valence-corrected chi connectivity index (χ1v) is 9.33. The number of rotatable bonds is 7. The molecule has 0 aliphatic carbocycles. The van der Waals surface area contributed by atoms with Gasteiger partial charge in [0.25, 0.3) is 5.91 Å². The summed E-state index contributed by atoms with van der Waals surface area (Å²) in [4.78, 5) is 39.7. The normalized spacial score (nSPS) is 15.8. The molecule has 2 rings (SSSR count). The van der Waals surface area contributed by atoms with Crippen LogP contribution in [0.1, 0.15) is 30.6 Å². The Kier molecular flexibility index (Phi) is 7.86. The number of carbonyl (C=O) groups excluding carboxylic acids is 3. The van der Waals surface area contributed by atoms with Crippen LogP contribution < -0.4 is 10.6 Å². The van der Waals surface area contributed by atoms with Gasteiger partial charge in [0.05, 0.1) is 18.7 Å². The minimum Gasteiger partial charge on any atom is -0.353 e. The fourth-order valence-electron chi connectivity index (χ4n) is 2.82. The van der Waals surface area contributed by atoms with Gasteiger partial charge < -0.3 is 15.5 Å². The fourth-order valence-corrected chi connectivity index (χ4v) is 2.82. The molecule has 1 atom stereocenters. The predicted octanol–water partition coefficient (Wildman–Crippen LogP) is 0.754. The van der Waals surface area contributed by atoms with E-state index in [0.717, 1.165) is 18.6 Å². The molecule has 1 aliphatic rings. The summed E-state index contributed by atoms with van der Waals surface area (Å²) in [5.41, 5.74) is -0.314. The summed E-state index contributed by atoms with van der Waals surface area (Å²) in [5.74, 6) is -2.86. The van der Waals surface area contributed by atoms with Gasteiger partial charge in [0.2, 0.25) is 11.8 Å². The Bertz CT molecular complexity index is 721. The molecule has 2 N–H and O–H groups in total. The van der Waals surface area contributed by atoms with E-state index < -0.39 is 17.5 Å². The lowest BCUT2D eigenvalue weighted by atomic mass is 10.2. The standard InChI is InChI=1S/C19H26F2N4O3/c1-3-13(2)23-17(26)12-24-6-8-25(9-7-24)18(27)11-22-19(28)15-5-4-14(20)10-16(15)21/h4-5,10,13H,3,6-9,11-12H2,1-2H3,(H,22,28)(H,23,26). The Morgan fingerprint density at radius 1 is 1.14 bits per heavy atom. The van der Waals surface area contributed by atoms with E-state index in [-0.39, 0.29) is 36.5 Å². The van der Waals surface area contributed by atoms with Gasteiger partial charge in [0.15, 0.2) is 0 Å². The van der Waals surface area contributed by atoms with Crippen LogP contribution in [0.25, 0.3) is 0 Å². The molecular formula is C19H26F2N4O3. The molecule has 0 bridgehead atoms. The van der Waals surface area contributed by atoms with Crippen LogP contribution in [0.15, 0.2) is 18.2 Å². The van der Waals surface area contributed by atoms with Crippen LogP contribution in [0.4, 0.5) is 8.78 Å². The molecule has 0 aromatic heterocycles. The van der Waals surface area contributed by atoms with Crippen molar-refractivity contribution >= 4 is 17.7 Å². The topological polar surface area (TPSA) is 81.8 Å². The van der Waals surface area contributed by atoms with Gasteiger partial charge in [0, 0.05) is 38.3 Å². The molecule has 1 aromatic rings. The SMILES string of the molecule is CCC(C)NC(=O)CN1CCN(C(=O)CNC(=O)c2ccc(F)cc2F)CC1. The Morgan fingerprint density at radius 3 is 2.43 bits per heavy atom. The third-order valence-corrected chi connectivity index (χ3v) is 4.69. The van der Waals surface area contributed by atoms with E-state index in [0.29, 0.717) is 32.2 Å². The second kappa shape index (κ2) is 10.1. The monoisotopic (exact) mass is 396 g/mol. The summed E-state index contributed by atoms with van der Waals surface area (Å²) < 4.78 is 26.5. The van der Waals surface area contributed by atoms with Gasteiger partial charge in [0.1, 0.15) is 11.6 Å². The molecule has 3 amide bonds. The molecule has 7 nitrogen and oxygen atoms in total. The van der Waals surface area contributed by atoms with Gasteiger partial charge in [-0.3, -0.25) is 19.3 Å². The molecule has 0 spiro atoms. The Labute approximate surface area is 163 Å². The smallest absolute Gasteiger partial charge is 0.254 e. The maximum atomic E-state index is 13.6. The van der Waals surface area contributed by atoms with E-state index in [1.54, 1.807) is 4.90 Å². The van der Waals surface area contributed by atoms with Crippen molar-refractivity contribution in [2.75, 3.05) is 39.3 Å². The summed E-state index contributed by atoms with van der Waals surface area (Å²) in [5, 5.41) is 5.26. The number of carbonyl (C=O) groups is 3. The van der Waals surface area contributed by atoms with E-state index in [4.69, 9.17) is 0 Å². The second-order valence-electron chi connectivity index (χ2n) is 6.84. The summed E-state index contributed by atoms with van der Waals surface area (Å²) >= 11 is 0. The number of nitrogens with zero attached hydrogens (tertiary/aromatic N) is 2. The molecule has 1 aromatic carbocycles. The summed E-state index contributed by atoms with van der Waals surface area (Å²) in [7, 11) is 0. The van der Waals surface area contributed by atoms with Crippen molar-refractivity contribution in [3.63, 3.8) is 0 Å². The number of amides is 3. The van der Waals surface area contributed by atoms with E-state index in [2.05, 4.69) is 10.6 Å². The lowest BCUT2D eigenvalue weighted by Gasteiger charge is -2.34. The van der Waals surface area contributed by atoms with Crippen molar-refractivity contribution < 1.29 is 23.2 Å². The third-order valence-electron chi connectivity index (χ3n) is 4.69. The van der Waals surface area contributed by atoms with E-state index in [1.807, 2.05) is 18.7 Å². The van der Waals surface area contributed by atoms with Crippen LogP contribution >= 0.6 is 0 Å². The molecule has 9 heteroatoms. The van der Waals surface area contributed by atoms with Crippen molar-refractivity contribution in [2.45, 2.75) is 26.3 Å². The molecule has 1 saturated heterocycles. The zero-order valence-electron chi connectivity index (χ0n) is 16.1. The van der Waals surface area contributed by atoms with Crippen molar-refractivity contribution in [3.05, 3.63) is 35.4 Å². The zero-order chi connectivity index (χ0) is 20.7. The van der Waals surface area contributed by atoms with Gasteiger partial charge in [-0.25, -0.2) is 8.78 Å². The Balaban J connectivity index is 1.74. The highest BCUT2D eigenvalue weighted by atomic mass is 19.1. The van der Waals surface area contributed by atoms with Gasteiger partial charge in [-0.2, -0.15) is 0 Å². The zero-order valence-corrected chi connectivity index (χ0v) is 16.1. The average Bonchev–Trinajstić information content (AvgIpc) is 2.66. The molecule has 28 heavy (non-hydrogen) atoms. The Hall–Kier alpha value is -2.55. The van der Waals surface area contributed by atoms with Crippen LogP contribution in [0, 0.1) is 11.6 Å². The Morgan fingerprint density at radius 2 is 1.82 bits per heavy atom. The van der Waals surface area contributed by atoms with Crippen molar-refractivity contribution in [3.8, 4) is 0 Å². The van der Waals surface area contributed by atoms with Crippen LogP contribution in [0.3, 0.4) is 0 Å².